The molecule has 3 aromatic carbocycles. The van der Waals surface area contributed by atoms with E-state index >= 15 is 0 Å². The topological polar surface area (TPSA) is 9.23 Å². The van der Waals surface area contributed by atoms with Gasteiger partial charge in [0.2, 0.25) is 0 Å². The lowest BCUT2D eigenvalue weighted by Crippen LogP contribution is -1.92. The zero-order valence-electron chi connectivity index (χ0n) is 13.0. The molecule has 0 bridgehead atoms. The van der Waals surface area contributed by atoms with Crippen molar-refractivity contribution in [2.75, 3.05) is 7.11 Å². The molecule has 0 aliphatic heterocycles. The summed E-state index contributed by atoms with van der Waals surface area (Å²) in [4.78, 5) is 0. The van der Waals surface area contributed by atoms with Gasteiger partial charge in [-0.05, 0) is 47.7 Å². The van der Waals surface area contributed by atoms with Crippen LogP contribution in [0.2, 0.25) is 0 Å². The van der Waals surface area contributed by atoms with E-state index in [-0.39, 0.29) is 0 Å². The lowest BCUT2D eigenvalue weighted by atomic mass is 9.98. The Labute approximate surface area is 132 Å². The van der Waals surface area contributed by atoms with E-state index in [1.807, 2.05) is 6.07 Å². The smallest absolute Gasteiger partial charge is 0.119 e. The van der Waals surface area contributed by atoms with Crippen molar-refractivity contribution in [1.29, 1.82) is 0 Å². The third-order valence-electron chi connectivity index (χ3n) is 3.84. The van der Waals surface area contributed by atoms with Crippen LogP contribution in [0.5, 0.6) is 5.75 Å². The van der Waals surface area contributed by atoms with Gasteiger partial charge in [-0.2, -0.15) is 0 Å². The fraction of sp³-hybridized carbons (Fsp3) is 0.143. The van der Waals surface area contributed by atoms with Crippen LogP contribution in [-0.4, -0.2) is 7.11 Å². The van der Waals surface area contributed by atoms with Gasteiger partial charge in [0.05, 0.1) is 7.11 Å². The van der Waals surface area contributed by atoms with Gasteiger partial charge in [0.25, 0.3) is 0 Å². The minimum atomic E-state index is 0.906. The van der Waals surface area contributed by atoms with Gasteiger partial charge in [0.1, 0.15) is 5.75 Å². The zero-order chi connectivity index (χ0) is 15.4. The van der Waals surface area contributed by atoms with Crippen molar-refractivity contribution in [3.8, 4) is 16.9 Å². The molecular weight excluding hydrogens is 268 g/mol. The second-order valence-corrected chi connectivity index (χ2v) is 5.60. The maximum atomic E-state index is 5.47. The Morgan fingerprint density at radius 3 is 2.14 bits per heavy atom. The van der Waals surface area contributed by atoms with Crippen LogP contribution in [0, 0.1) is 6.92 Å². The molecule has 0 radical (unpaired) electrons. The molecule has 0 aromatic heterocycles. The number of hydrogen-bond acceptors (Lipinski definition) is 1. The average Bonchev–Trinajstić information content (AvgIpc) is 2.57. The molecule has 0 aliphatic rings. The first-order chi connectivity index (χ1) is 10.7. The van der Waals surface area contributed by atoms with E-state index in [1.54, 1.807) is 7.11 Å². The SMILES string of the molecule is COc1cc(Cc2ccc(C)cc2)cc(-c2ccccc2)c1. The Hall–Kier alpha value is -2.54. The normalized spacial score (nSPS) is 10.5. The number of benzene rings is 3. The van der Waals surface area contributed by atoms with Gasteiger partial charge in [0.15, 0.2) is 0 Å². The van der Waals surface area contributed by atoms with E-state index in [0.717, 1.165) is 12.2 Å². The van der Waals surface area contributed by atoms with E-state index < -0.39 is 0 Å². The molecule has 3 rings (SSSR count). The molecule has 22 heavy (non-hydrogen) atoms. The molecule has 0 aliphatic carbocycles. The summed E-state index contributed by atoms with van der Waals surface area (Å²) >= 11 is 0. The van der Waals surface area contributed by atoms with Gasteiger partial charge in [-0.1, -0.05) is 66.2 Å². The van der Waals surface area contributed by atoms with E-state index in [9.17, 15) is 0 Å². The third kappa shape index (κ3) is 3.37. The fourth-order valence-corrected chi connectivity index (χ4v) is 2.62. The maximum absolute atomic E-state index is 5.47. The molecular formula is C21H20O. The standard InChI is InChI=1S/C21H20O/c1-16-8-10-17(11-9-16)12-18-13-20(15-21(14-18)22-2)19-6-4-3-5-7-19/h3-11,13-15H,12H2,1-2H3. The molecule has 0 amide bonds. The molecule has 0 unspecified atom stereocenters. The molecule has 110 valence electrons. The van der Waals surface area contributed by atoms with Crippen LogP contribution in [0.25, 0.3) is 11.1 Å². The monoisotopic (exact) mass is 288 g/mol. The first-order valence-electron chi connectivity index (χ1n) is 7.53. The average molecular weight is 288 g/mol. The summed E-state index contributed by atoms with van der Waals surface area (Å²) in [7, 11) is 1.72. The molecule has 1 nitrogen and oxygen atoms in total. The highest BCUT2D eigenvalue weighted by atomic mass is 16.5. The van der Waals surface area contributed by atoms with Crippen LogP contribution in [0.1, 0.15) is 16.7 Å². The van der Waals surface area contributed by atoms with Crippen molar-refractivity contribution in [2.24, 2.45) is 0 Å². The Bertz CT molecular complexity index is 743. The second kappa shape index (κ2) is 6.48. The molecule has 0 heterocycles. The van der Waals surface area contributed by atoms with E-state index in [4.69, 9.17) is 4.74 Å². The quantitative estimate of drug-likeness (QED) is 0.636. The predicted molar refractivity (Wildman–Crippen MR) is 92.4 cm³/mol. The van der Waals surface area contributed by atoms with Crippen molar-refractivity contribution in [3.63, 3.8) is 0 Å². The minimum Gasteiger partial charge on any atom is -0.497 e. The van der Waals surface area contributed by atoms with E-state index in [1.165, 1.54) is 27.8 Å². The first kappa shape index (κ1) is 14.4. The Balaban J connectivity index is 1.95. The molecule has 0 fully saturated rings. The van der Waals surface area contributed by atoms with Crippen LogP contribution < -0.4 is 4.74 Å². The molecule has 1 heteroatoms. The number of ether oxygens (including phenoxy) is 1. The van der Waals surface area contributed by atoms with Crippen molar-refractivity contribution in [2.45, 2.75) is 13.3 Å². The second-order valence-electron chi connectivity index (χ2n) is 5.60. The van der Waals surface area contributed by atoms with Crippen LogP contribution in [-0.2, 0) is 6.42 Å². The summed E-state index contributed by atoms with van der Waals surface area (Å²) in [5, 5.41) is 0. The van der Waals surface area contributed by atoms with Gasteiger partial charge in [-0.15, -0.1) is 0 Å². The predicted octanol–water partition coefficient (Wildman–Crippen LogP) is 5.26. The summed E-state index contributed by atoms with van der Waals surface area (Å²) in [5.74, 6) is 0.906. The van der Waals surface area contributed by atoms with Crippen LogP contribution in [0.4, 0.5) is 0 Å². The summed E-state index contributed by atoms with van der Waals surface area (Å²) in [6.07, 6.45) is 0.914. The summed E-state index contributed by atoms with van der Waals surface area (Å²) in [6.45, 7) is 2.11. The van der Waals surface area contributed by atoms with Crippen LogP contribution >= 0.6 is 0 Å². The number of methoxy groups -OCH3 is 1. The Morgan fingerprint density at radius 2 is 1.45 bits per heavy atom. The van der Waals surface area contributed by atoms with Gasteiger partial charge in [-0.3, -0.25) is 0 Å². The minimum absolute atomic E-state index is 0.906. The highest BCUT2D eigenvalue weighted by Gasteiger charge is 2.05. The van der Waals surface area contributed by atoms with Gasteiger partial charge in [-0.25, -0.2) is 0 Å². The van der Waals surface area contributed by atoms with Gasteiger partial charge < -0.3 is 4.74 Å². The van der Waals surface area contributed by atoms with Crippen molar-refractivity contribution in [1.82, 2.24) is 0 Å². The number of aryl methyl sites for hydroxylation is 1. The van der Waals surface area contributed by atoms with Crippen molar-refractivity contribution >= 4 is 0 Å². The van der Waals surface area contributed by atoms with Crippen molar-refractivity contribution < 1.29 is 4.74 Å². The maximum Gasteiger partial charge on any atom is 0.119 e. The number of hydrogen-bond donors (Lipinski definition) is 0. The summed E-state index contributed by atoms with van der Waals surface area (Å²) < 4.78 is 5.47. The van der Waals surface area contributed by atoms with Crippen LogP contribution in [0.3, 0.4) is 0 Å². The van der Waals surface area contributed by atoms with Crippen LogP contribution in [0.15, 0.2) is 72.8 Å². The summed E-state index contributed by atoms with van der Waals surface area (Å²) in [5.41, 5.74) is 6.29. The lowest BCUT2D eigenvalue weighted by Gasteiger charge is -2.10. The molecule has 0 N–H and O–H groups in total. The number of rotatable bonds is 4. The van der Waals surface area contributed by atoms with Crippen molar-refractivity contribution in [3.05, 3.63) is 89.5 Å². The largest absolute Gasteiger partial charge is 0.497 e. The highest BCUT2D eigenvalue weighted by Crippen LogP contribution is 2.27. The fourth-order valence-electron chi connectivity index (χ4n) is 2.62. The lowest BCUT2D eigenvalue weighted by molar-refractivity contribution is 0.414. The molecule has 0 saturated carbocycles. The zero-order valence-corrected chi connectivity index (χ0v) is 13.0. The first-order valence-corrected chi connectivity index (χ1v) is 7.53. The third-order valence-corrected chi connectivity index (χ3v) is 3.84. The Kier molecular flexibility index (Phi) is 4.24. The molecule has 0 saturated heterocycles. The molecule has 0 spiro atoms. The highest BCUT2D eigenvalue weighted by molar-refractivity contribution is 5.66. The Morgan fingerprint density at radius 1 is 0.727 bits per heavy atom. The summed E-state index contributed by atoms with van der Waals surface area (Å²) in [6, 6.07) is 25.6. The van der Waals surface area contributed by atoms with Gasteiger partial charge in [0, 0.05) is 0 Å². The molecule has 0 atom stereocenters. The van der Waals surface area contributed by atoms with E-state index in [0.29, 0.717) is 0 Å². The van der Waals surface area contributed by atoms with E-state index in [2.05, 4.69) is 73.7 Å². The van der Waals surface area contributed by atoms with Gasteiger partial charge >= 0.3 is 0 Å². The molecule has 3 aromatic rings.